The highest BCUT2D eigenvalue weighted by molar-refractivity contribution is 7.48. The van der Waals surface area contributed by atoms with E-state index in [1.807, 2.05) is 24.3 Å². The van der Waals surface area contributed by atoms with E-state index in [2.05, 4.69) is 84.0 Å². The van der Waals surface area contributed by atoms with Crippen LogP contribution in [0, 0.1) is 6.92 Å². The Kier molecular flexibility index (Phi) is 8.37. The van der Waals surface area contributed by atoms with Crippen molar-refractivity contribution in [2.45, 2.75) is 78.5 Å². The Balaban J connectivity index is 2.14. The van der Waals surface area contributed by atoms with E-state index >= 15 is 0 Å². The van der Waals surface area contributed by atoms with Crippen LogP contribution in [0.25, 0.3) is 0 Å². The number of benzene rings is 3. The molecule has 0 aliphatic carbocycles. The smallest absolute Gasteiger partial charge is 0.160 e. The molecule has 0 saturated carbocycles. The molecular weight excluding hydrogens is 435 g/mol. The molecule has 2 unspecified atom stereocenters. The van der Waals surface area contributed by atoms with Crippen LogP contribution in [0.15, 0.2) is 66.7 Å². The summed E-state index contributed by atoms with van der Waals surface area (Å²) >= 11 is 0. The van der Waals surface area contributed by atoms with E-state index in [1.54, 1.807) is 6.92 Å². The second-order valence-corrected chi connectivity index (χ2v) is 12.4. The summed E-state index contributed by atoms with van der Waals surface area (Å²) in [5, 5.41) is 0.997. The van der Waals surface area contributed by atoms with Crippen LogP contribution < -0.4 is 10.0 Å². The molecule has 34 heavy (non-hydrogen) atoms. The van der Waals surface area contributed by atoms with Gasteiger partial charge in [-0.05, 0) is 47.7 Å². The molecule has 0 aromatic heterocycles. The van der Waals surface area contributed by atoms with Gasteiger partial charge in [-0.25, -0.2) is 0 Å². The second-order valence-electron chi connectivity index (χ2n) is 10.5. The van der Waals surface area contributed by atoms with Crippen LogP contribution in [0.3, 0.4) is 0 Å². The number of rotatable bonds is 9. The van der Waals surface area contributed by atoms with Gasteiger partial charge in [-0.2, -0.15) is 0 Å². The third kappa shape index (κ3) is 6.16. The van der Waals surface area contributed by atoms with Crippen LogP contribution in [0.4, 0.5) is 0 Å². The summed E-state index contributed by atoms with van der Waals surface area (Å²) < 4.78 is 6.57. The number of carbonyl (C=O) groups is 1. The molecule has 0 N–H and O–H groups in total. The molecule has 0 aliphatic heterocycles. The van der Waals surface area contributed by atoms with Crippen LogP contribution in [0.2, 0.25) is 0 Å². The first-order valence-corrected chi connectivity index (χ1v) is 13.3. The third-order valence-electron chi connectivity index (χ3n) is 6.43. The van der Waals surface area contributed by atoms with Gasteiger partial charge in [-0.1, -0.05) is 116 Å². The molecule has 0 fully saturated rings. The maximum Gasteiger partial charge on any atom is 0.160 e. The first kappa shape index (κ1) is 26.2. The SMILES string of the molecule is CCCC(C)(Pc1ccccc1C(C)=O)c1cc(C(C)(C)C)cc(C)c1OCc1ccccc1. The van der Waals surface area contributed by atoms with E-state index in [0.29, 0.717) is 15.2 Å². The number of ether oxygens (including phenoxy) is 1. The fourth-order valence-corrected chi connectivity index (χ4v) is 6.36. The summed E-state index contributed by atoms with van der Waals surface area (Å²) in [6.07, 6.45) is 2.08. The molecule has 0 radical (unpaired) electrons. The molecule has 3 heteroatoms. The zero-order valence-electron chi connectivity index (χ0n) is 21.8. The minimum Gasteiger partial charge on any atom is -0.488 e. The van der Waals surface area contributed by atoms with Crippen LogP contribution in [0.1, 0.15) is 87.0 Å². The van der Waals surface area contributed by atoms with Gasteiger partial charge in [0.05, 0.1) is 0 Å². The lowest BCUT2D eigenvalue weighted by Gasteiger charge is -2.35. The third-order valence-corrected chi connectivity index (χ3v) is 8.20. The highest BCUT2D eigenvalue weighted by Gasteiger charge is 2.33. The number of carbonyl (C=O) groups excluding carboxylic acids is 1. The summed E-state index contributed by atoms with van der Waals surface area (Å²) in [5.41, 5.74) is 5.77. The fourth-order valence-electron chi connectivity index (χ4n) is 4.50. The van der Waals surface area contributed by atoms with Crippen molar-refractivity contribution < 1.29 is 9.53 Å². The van der Waals surface area contributed by atoms with Crippen molar-refractivity contribution in [3.05, 3.63) is 94.5 Å². The van der Waals surface area contributed by atoms with Crippen molar-refractivity contribution in [2.75, 3.05) is 0 Å². The summed E-state index contributed by atoms with van der Waals surface area (Å²) in [4.78, 5) is 12.4. The van der Waals surface area contributed by atoms with E-state index in [0.717, 1.165) is 35.0 Å². The number of Topliss-reactive ketones (excluding diaryl/α,β-unsaturated/α-hetero) is 1. The first-order chi connectivity index (χ1) is 16.0. The number of hydrogen-bond donors (Lipinski definition) is 0. The van der Waals surface area contributed by atoms with Crippen molar-refractivity contribution in [3.63, 3.8) is 0 Å². The van der Waals surface area contributed by atoms with Crippen molar-refractivity contribution in [1.82, 2.24) is 0 Å². The average Bonchev–Trinajstić information content (AvgIpc) is 2.78. The van der Waals surface area contributed by atoms with E-state index < -0.39 is 0 Å². The van der Waals surface area contributed by atoms with Crippen LogP contribution >= 0.6 is 8.58 Å². The Morgan fingerprint density at radius 3 is 2.21 bits per heavy atom. The van der Waals surface area contributed by atoms with Gasteiger partial charge < -0.3 is 4.74 Å². The molecule has 2 nitrogen and oxygen atoms in total. The van der Waals surface area contributed by atoms with Gasteiger partial charge in [0.25, 0.3) is 0 Å². The first-order valence-electron chi connectivity index (χ1n) is 12.3. The van der Waals surface area contributed by atoms with E-state index in [-0.39, 0.29) is 16.4 Å². The number of hydrogen-bond acceptors (Lipinski definition) is 2. The highest BCUT2D eigenvalue weighted by atomic mass is 31.1. The molecule has 3 rings (SSSR count). The van der Waals surface area contributed by atoms with Gasteiger partial charge >= 0.3 is 0 Å². The fraction of sp³-hybridized carbons (Fsp3) is 0.387. The molecule has 0 amide bonds. The normalized spacial score (nSPS) is 13.7. The van der Waals surface area contributed by atoms with Gasteiger partial charge in [0.15, 0.2) is 5.78 Å². The standard InChI is InChI=1S/C31H39O2P/c1-8-18-31(7,34-28-17-13-12-16-26(28)23(3)32)27-20-25(30(4,5)6)19-22(2)29(27)33-21-24-14-10-9-11-15-24/h9-17,19-20,34H,8,18,21H2,1-7H3. The summed E-state index contributed by atoms with van der Waals surface area (Å²) in [7, 11) is 0.467. The van der Waals surface area contributed by atoms with E-state index in [4.69, 9.17) is 4.74 Å². The van der Waals surface area contributed by atoms with Gasteiger partial charge in [-0.15, -0.1) is 0 Å². The Bertz CT molecular complexity index is 1130. The van der Waals surface area contributed by atoms with Crippen molar-refractivity contribution in [3.8, 4) is 5.75 Å². The van der Waals surface area contributed by atoms with Gasteiger partial charge in [0.1, 0.15) is 12.4 Å². The maximum absolute atomic E-state index is 12.4. The Morgan fingerprint density at radius 2 is 1.59 bits per heavy atom. The molecule has 2 atom stereocenters. The molecule has 0 spiro atoms. The zero-order valence-corrected chi connectivity index (χ0v) is 22.8. The zero-order chi connectivity index (χ0) is 24.9. The van der Waals surface area contributed by atoms with Crippen LogP contribution in [-0.4, -0.2) is 5.78 Å². The number of ketones is 1. The lowest BCUT2D eigenvalue weighted by Crippen LogP contribution is -2.24. The maximum atomic E-state index is 12.4. The molecule has 0 heterocycles. The average molecular weight is 475 g/mol. The van der Waals surface area contributed by atoms with Gasteiger partial charge in [-0.3, -0.25) is 4.79 Å². The van der Waals surface area contributed by atoms with E-state index in [1.165, 1.54) is 16.7 Å². The lowest BCUT2D eigenvalue weighted by molar-refractivity contribution is 0.101. The second kappa shape index (κ2) is 10.9. The summed E-state index contributed by atoms with van der Waals surface area (Å²) in [6.45, 7) is 15.8. The summed E-state index contributed by atoms with van der Waals surface area (Å²) in [6, 6.07) is 23.1. The van der Waals surface area contributed by atoms with Gasteiger partial charge in [0.2, 0.25) is 0 Å². The molecular formula is C31H39O2P. The molecule has 0 bridgehead atoms. The topological polar surface area (TPSA) is 26.3 Å². The van der Waals surface area contributed by atoms with Crippen molar-refractivity contribution in [1.29, 1.82) is 0 Å². The predicted molar refractivity (Wildman–Crippen MR) is 147 cm³/mol. The Labute approximate surface area is 207 Å². The Hall–Kier alpha value is -2.44. The largest absolute Gasteiger partial charge is 0.488 e. The minimum atomic E-state index is -0.141. The van der Waals surface area contributed by atoms with E-state index in [9.17, 15) is 4.79 Å². The van der Waals surface area contributed by atoms with Crippen LogP contribution in [-0.2, 0) is 17.2 Å². The molecule has 3 aromatic rings. The monoisotopic (exact) mass is 474 g/mol. The quantitative estimate of drug-likeness (QED) is 0.231. The lowest BCUT2D eigenvalue weighted by atomic mass is 9.82. The Morgan fingerprint density at radius 1 is 0.941 bits per heavy atom. The number of aryl methyl sites for hydroxylation is 1. The molecule has 3 aromatic carbocycles. The minimum absolute atomic E-state index is 0.0327. The molecule has 0 saturated heterocycles. The van der Waals surface area contributed by atoms with Crippen LogP contribution in [0.5, 0.6) is 5.75 Å². The van der Waals surface area contributed by atoms with Gasteiger partial charge in [0, 0.05) is 16.3 Å². The predicted octanol–water partition coefficient (Wildman–Crippen LogP) is 8.09. The molecule has 0 aliphatic rings. The van der Waals surface area contributed by atoms with Crippen molar-refractivity contribution >= 4 is 19.7 Å². The summed E-state index contributed by atoms with van der Waals surface area (Å²) in [5.74, 6) is 1.11. The highest BCUT2D eigenvalue weighted by Crippen LogP contribution is 2.50. The molecule has 180 valence electrons. The van der Waals surface area contributed by atoms with Crippen molar-refractivity contribution in [2.24, 2.45) is 0 Å².